The van der Waals surface area contributed by atoms with Crippen molar-refractivity contribution in [3.8, 4) is 11.7 Å². The van der Waals surface area contributed by atoms with Crippen LogP contribution in [0.5, 0.6) is 6.01 Å². The fourth-order valence-electron chi connectivity index (χ4n) is 0.997. The van der Waals surface area contributed by atoms with Gasteiger partial charge in [-0.05, 0) is 18.2 Å². The Morgan fingerprint density at radius 2 is 2.23 bits per heavy atom. The molecular weight excluding hydrogens is 173 g/mol. The molecule has 2 aromatic rings. The first-order chi connectivity index (χ1) is 6.25. The Morgan fingerprint density at radius 3 is 2.85 bits per heavy atom. The van der Waals surface area contributed by atoms with E-state index in [0.717, 1.165) is 0 Å². The van der Waals surface area contributed by atoms with Gasteiger partial charge in [0.05, 0.1) is 5.69 Å². The van der Waals surface area contributed by atoms with E-state index in [-0.39, 0.29) is 11.8 Å². The van der Waals surface area contributed by atoms with Gasteiger partial charge in [0.1, 0.15) is 12.1 Å². The number of nitrogens with zero attached hydrogens (tertiary/aromatic N) is 3. The van der Waals surface area contributed by atoms with Crippen LogP contribution < -0.4 is 0 Å². The molecule has 0 unspecified atom stereocenters. The molecule has 0 aliphatic carbocycles. The van der Waals surface area contributed by atoms with Gasteiger partial charge in [-0.3, -0.25) is 0 Å². The number of rotatable bonds is 1. The first-order valence-electron chi connectivity index (χ1n) is 3.62. The van der Waals surface area contributed by atoms with Crippen molar-refractivity contribution in [2.75, 3.05) is 0 Å². The summed E-state index contributed by atoms with van der Waals surface area (Å²) in [7, 11) is 0. The maximum atomic E-state index is 12.7. The summed E-state index contributed by atoms with van der Waals surface area (Å²) >= 11 is 0. The van der Waals surface area contributed by atoms with Gasteiger partial charge in [0.25, 0.3) is 0 Å². The van der Waals surface area contributed by atoms with Gasteiger partial charge in [-0.1, -0.05) is 6.07 Å². The molecule has 0 bridgehead atoms. The molecule has 0 saturated heterocycles. The Hall–Kier alpha value is -1.91. The fourth-order valence-corrected chi connectivity index (χ4v) is 0.997. The lowest BCUT2D eigenvalue weighted by molar-refractivity contribution is 0.430. The third kappa shape index (κ3) is 1.48. The van der Waals surface area contributed by atoms with Crippen molar-refractivity contribution in [3.63, 3.8) is 0 Å². The van der Waals surface area contributed by atoms with Crippen LogP contribution in [0.2, 0.25) is 0 Å². The van der Waals surface area contributed by atoms with Crippen molar-refractivity contribution in [1.29, 1.82) is 0 Å². The van der Waals surface area contributed by atoms with Crippen LogP contribution in [0.25, 0.3) is 5.69 Å². The Labute approximate surface area is 73.3 Å². The monoisotopic (exact) mass is 179 g/mol. The SMILES string of the molecule is Oc1ncn(-c2cccc(F)c2)n1. The first kappa shape index (κ1) is 7.72. The van der Waals surface area contributed by atoms with Crippen LogP contribution in [0.4, 0.5) is 4.39 Å². The third-order valence-corrected chi connectivity index (χ3v) is 1.55. The number of hydrogen-bond donors (Lipinski definition) is 1. The average Bonchev–Trinajstić information content (AvgIpc) is 2.52. The molecule has 0 spiro atoms. The van der Waals surface area contributed by atoms with E-state index in [0.29, 0.717) is 5.69 Å². The minimum Gasteiger partial charge on any atom is -0.478 e. The molecule has 0 amide bonds. The molecule has 4 nitrogen and oxygen atoms in total. The van der Waals surface area contributed by atoms with Gasteiger partial charge >= 0.3 is 6.01 Å². The number of halogens is 1. The number of aromatic hydroxyl groups is 1. The number of benzene rings is 1. The normalized spacial score (nSPS) is 10.2. The summed E-state index contributed by atoms with van der Waals surface area (Å²) in [6.45, 7) is 0. The topological polar surface area (TPSA) is 50.9 Å². The Bertz CT molecular complexity index is 427. The smallest absolute Gasteiger partial charge is 0.333 e. The molecule has 0 aliphatic rings. The first-order valence-corrected chi connectivity index (χ1v) is 3.62. The van der Waals surface area contributed by atoms with E-state index in [9.17, 15) is 4.39 Å². The zero-order valence-electron chi connectivity index (χ0n) is 6.55. The van der Waals surface area contributed by atoms with Crippen molar-refractivity contribution in [3.05, 3.63) is 36.4 Å². The lowest BCUT2D eigenvalue weighted by Gasteiger charge is -1.98. The Balaban J connectivity index is 2.46. The zero-order chi connectivity index (χ0) is 9.26. The molecule has 0 fully saturated rings. The van der Waals surface area contributed by atoms with Crippen molar-refractivity contribution >= 4 is 0 Å². The van der Waals surface area contributed by atoms with Crippen LogP contribution in [0.3, 0.4) is 0 Å². The van der Waals surface area contributed by atoms with E-state index in [1.807, 2.05) is 0 Å². The number of aromatic nitrogens is 3. The van der Waals surface area contributed by atoms with Gasteiger partial charge in [-0.15, -0.1) is 5.10 Å². The molecular formula is C8H6FN3O. The molecule has 5 heteroatoms. The van der Waals surface area contributed by atoms with Gasteiger partial charge in [0.15, 0.2) is 0 Å². The lowest BCUT2D eigenvalue weighted by Crippen LogP contribution is -1.94. The maximum Gasteiger partial charge on any atom is 0.333 e. The highest BCUT2D eigenvalue weighted by Crippen LogP contribution is 2.09. The van der Waals surface area contributed by atoms with Crippen LogP contribution >= 0.6 is 0 Å². The van der Waals surface area contributed by atoms with Crippen molar-refractivity contribution in [2.45, 2.75) is 0 Å². The van der Waals surface area contributed by atoms with E-state index in [1.54, 1.807) is 12.1 Å². The van der Waals surface area contributed by atoms with E-state index in [2.05, 4.69) is 10.1 Å². The van der Waals surface area contributed by atoms with Crippen LogP contribution in [0.15, 0.2) is 30.6 Å². The van der Waals surface area contributed by atoms with E-state index in [4.69, 9.17) is 5.11 Å². The second-order valence-electron chi connectivity index (χ2n) is 2.47. The molecule has 1 heterocycles. The highest BCUT2D eigenvalue weighted by atomic mass is 19.1. The molecule has 1 aromatic heterocycles. The van der Waals surface area contributed by atoms with Gasteiger partial charge in [-0.2, -0.15) is 4.98 Å². The third-order valence-electron chi connectivity index (χ3n) is 1.55. The second-order valence-corrected chi connectivity index (χ2v) is 2.47. The predicted octanol–water partition coefficient (Wildman–Crippen LogP) is 1.11. The highest BCUT2D eigenvalue weighted by Gasteiger charge is 2.00. The highest BCUT2D eigenvalue weighted by molar-refractivity contribution is 5.30. The standard InChI is InChI=1S/C8H6FN3O/c9-6-2-1-3-7(4-6)12-5-10-8(13)11-12/h1-5H,(H,11,13). The molecule has 0 atom stereocenters. The number of hydrogen-bond acceptors (Lipinski definition) is 3. The van der Waals surface area contributed by atoms with Gasteiger partial charge in [0, 0.05) is 0 Å². The van der Waals surface area contributed by atoms with Crippen LogP contribution in [0, 0.1) is 5.82 Å². The largest absolute Gasteiger partial charge is 0.478 e. The zero-order valence-corrected chi connectivity index (χ0v) is 6.55. The van der Waals surface area contributed by atoms with Crippen LogP contribution in [-0.4, -0.2) is 19.9 Å². The van der Waals surface area contributed by atoms with Crippen LogP contribution in [0.1, 0.15) is 0 Å². The summed E-state index contributed by atoms with van der Waals surface area (Å²) < 4.78 is 14.0. The van der Waals surface area contributed by atoms with Gasteiger partial charge in [-0.25, -0.2) is 9.07 Å². The summed E-state index contributed by atoms with van der Waals surface area (Å²) in [6, 6.07) is 5.53. The Kier molecular flexibility index (Phi) is 1.70. The van der Waals surface area contributed by atoms with E-state index >= 15 is 0 Å². The Morgan fingerprint density at radius 1 is 1.38 bits per heavy atom. The molecule has 13 heavy (non-hydrogen) atoms. The summed E-state index contributed by atoms with van der Waals surface area (Å²) in [4.78, 5) is 3.51. The van der Waals surface area contributed by atoms with Crippen molar-refractivity contribution < 1.29 is 9.50 Å². The summed E-state index contributed by atoms with van der Waals surface area (Å²) in [5.74, 6) is -0.354. The van der Waals surface area contributed by atoms with Gasteiger partial charge < -0.3 is 5.11 Å². The average molecular weight is 179 g/mol. The van der Waals surface area contributed by atoms with E-state index < -0.39 is 0 Å². The molecule has 0 aliphatic heterocycles. The minimum absolute atomic E-state index is 0.329. The van der Waals surface area contributed by atoms with Crippen LogP contribution in [-0.2, 0) is 0 Å². The fraction of sp³-hybridized carbons (Fsp3) is 0. The second kappa shape index (κ2) is 2.85. The summed E-state index contributed by atoms with van der Waals surface area (Å²) in [5.41, 5.74) is 0.521. The predicted molar refractivity (Wildman–Crippen MR) is 43.0 cm³/mol. The van der Waals surface area contributed by atoms with E-state index in [1.165, 1.54) is 23.1 Å². The quantitative estimate of drug-likeness (QED) is 0.713. The molecule has 1 N–H and O–H groups in total. The van der Waals surface area contributed by atoms with Crippen molar-refractivity contribution in [2.24, 2.45) is 0 Å². The maximum absolute atomic E-state index is 12.7. The summed E-state index contributed by atoms with van der Waals surface area (Å²) in [5, 5.41) is 12.5. The molecule has 0 radical (unpaired) electrons. The molecule has 0 saturated carbocycles. The molecule has 66 valence electrons. The summed E-state index contributed by atoms with van der Waals surface area (Å²) in [6.07, 6.45) is 1.31. The van der Waals surface area contributed by atoms with Gasteiger partial charge in [0.2, 0.25) is 0 Å². The van der Waals surface area contributed by atoms with Crippen molar-refractivity contribution in [1.82, 2.24) is 14.8 Å². The minimum atomic E-state index is -0.354. The molecule has 2 rings (SSSR count). The molecule has 1 aromatic carbocycles. The lowest BCUT2D eigenvalue weighted by atomic mass is 10.3.